The van der Waals surface area contributed by atoms with E-state index in [0.29, 0.717) is 22.9 Å². The van der Waals surface area contributed by atoms with Crippen LogP contribution in [0.15, 0.2) is 54.9 Å². The van der Waals surface area contributed by atoms with Gasteiger partial charge >= 0.3 is 5.97 Å². The number of aryl methyl sites for hydroxylation is 1. The van der Waals surface area contributed by atoms with Gasteiger partial charge in [0.1, 0.15) is 29.4 Å². The molecule has 27 heavy (non-hydrogen) atoms. The Morgan fingerprint density at radius 2 is 2.04 bits per heavy atom. The molecule has 0 radical (unpaired) electrons. The number of hydrogen-bond donors (Lipinski definition) is 2. The number of nitrogens with zero attached hydrogens (tertiary/aromatic N) is 2. The molecule has 7 heteroatoms. The Morgan fingerprint density at radius 3 is 2.81 bits per heavy atom. The second-order valence-corrected chi connectivity index (χ2v) is 7.12. The lowest BCUT2D eigenvalue weighted by atomic mass is 10.1. The number of imidazole rings is 1. The molecular formula is C20H16N2O4S. The van der Waals surface area contributed by atoms with E-state index in [-0.39, 0.29) is 10.6 Å². The summed E-state index contributed by atoms with van der Waals surface area (Å²) in [7, 11) is 0. The molecule has 0 aliphatic carbocycles. The Hall–Kier alpha value is -3.32. The number of benzene rings is 2. The first kappa shape index (κ1) is 17.1. The summed E-state index contributed by atoms with van der Waals surface area (Å²) in [6.07, 6.45) is 1.60. The number of thiophene rings is 1. The molecule has 0 aliphatic heterocycles. The minimum Gasteiger partial charge on any atom is -0.508 e. The van der Waals surface area contributed by atoms with E-state index in [4.69, 9.17) is 4.74 Å². The summed E-state index contributed by atoms with van der Waals surface area (Å²) >= 11 is 1.12. The van der Waals surface area contributed by atoms with Gasteiger partial charge in [-0.1, -0.05) is 24.3 Å². The lowest BCUT2D eigenvalue weighted by molar-refractivity contribution is 0.0697. The van der Waals surface area contributed by atoms with E-state index in [0.717, 1.165) is 28.0 Å². The van der Waals surface area contributed by atoms with Gasteiger partial charge in [-0.2, -0.15) is 0 Å². The van der Waals surface area contributed by atoms with E-state index in [1.165, 1.54) is 0 Å². The van der Waals surface area contributed by atoms with Gasteiger partial charge in [0.05, 0.1) is 11.0 Å². The van der Waals surface area contributed by atoms with Crippen molar-refractivity contribution in [1.29, 1.82) is 0 Å². The fraction of sp³-hybridized carbons (Fsp3) is 0.100. The van der Waals surface area contributed by atoms with E-state index in [1.807, 2.05) is 31.2 Å². The molecule has 0 amide bonds. The van der Waals surface area contributed by atoms with Crippen LogP contribution in [0.2, 0.25) is 0 Å². The van der Waals surface area contributed by atoms with Crippen LogP contribution in [0.5, 0.6) is 11.5 Å². The smallest absolute Gasteiger partial charge is 0.349 e. The van der Waals surface area contributed by atoms with Crippen molar-refractivity contribution in [3.63, 3.8) is 0 Å². The summed E-state index contributed by atoms with van der Waals surface area (Å²) in [6.45, 7) is 2.28. The molecule has 4 rings (SSSR count). The number of aromatic nitrogens is 2. The molecular weight excluding hydrogens is 364 g/mol. The van der Waals surface area contributed by atoms with E-state index >= 15 is 0 Å². The van der Waals surface area contributed by atoms with Gasteiger partial charge in [0.15, 0.2) is 4.88 Å². The minimum absolute atomic E-state index is 0.132. The number of aromatic carboxylic acids is 1. The van der Waals surface area contributed by atoms with Gasteiger partial charge in [-0.05, 0) is 30.2 Å². The Labute approximate surface area is 158 Å². The van der Waals surface area contributed by atoms with Crippen LogP contribution >= 0.6 is 11.3 Å². The fourth-order valence-electron chi connectivity index (χ4n) is 2.84. The number of phenols is 1. The van der Waals surface area contributed by atoms with Crippen LogP contribution in [0.4, 0.5) is 0 Å². The monoisotopic (exact) mass is 380 g/mol. The summed E-state index contributed by atoms with van der Waals surface area (Å²) in [5.41, 5.74) is 3.49. The van der Waals surface area contributed by atoms with Crippen molar-refractivity contribution in [1.82, 2.24) is 9.55 Å². The average Bonchev–Trinajstić information content (AvgIpc) is 3.24. The predicted octanol–water partition coefficient (Wildman–Crippen LogP) is 4.38. The highest BCUT2D eigenvalue weighted by Crippen LogP contribution is 2.34. The third-order valence-electron chi connectivity index (χ3n) is 4.29. The molecule has 0 saturated carbocycles. The van der Waals surface area contributed by atoms with Crippen molar-refractivity contribution < 1.29 is 19.7 Å². The van der Waals surface area contributed by atoms with Crippen molar-refractivity contribution in [3.8, 4) is 16.5 Å². The molecule has 0 fully saturated rings. The van der Waals surface area contributed by atoms with E-state index in [2.05, 4.69) is 4.98 Å². The van der Waals surface area contributed by atoms with E-state index < -0.39 is 5.97 Å². The first-order valence-electron chi connectivity index (χ1n) is 8.24. The first-order valence-corrected chi connectivity index (χ1v) is 9.05. The number of carbonyl (C=O) groups is 1. The maximum absolute atomic E-state index is 11.7. The maximum atomic E-state index is 11.7. The molecule has 4 aromatic rings. The molecule has 0 saturated heterocycles. The van der Waals surface area contributed by atoms with E-state index in [9.17, 15) is 15.0 Å². The number of phenolic OH excluding ortho intramolecular Hbond substituents is 1. The molecule has 2 N–H and O–H groups in total. The highest BCUT2D eigenvalue weighted by molar-refractivity contribution is 7.16. The molecule has 2 aromatic heterocycles. The molecule has 0 spiro atoms. The van der Waals surface area contributed by atoms with Gasteiger partial charge in [-0.15, -0.1) is 11.3 Å². The van der Waals surface area contributed by atoms with Gasteiger partial charge < -0.3 is 14.9 Å². The third-order valence-corrected chi connectivity index (χ3v) is 5.40. The molecule has 0 atom stereocenters. The largest absolute Gasteiger partial charge is 0.508 e. The molecule has 0 bridgehead atoms. The molecule has 0 unspecified atom stereocenters. The van der Waals surface area contributed by atoms with Crippen molar-refractivity contribution in [2.24, 2.45) is 0 Å². The third kappa shape index (κ3) is 3.24. The summed E-state index contributed by atoms with van der Waals surface area (Å²) in [4.78, 5) is 16.1. The summed E-state index contributed by atoms with van der Waals surface area (Å²) in [6, 6.07) is 14.4. The Balaban J connectivity index is 1.70. The second-order valence-electron chi connectivity index (χ2n) is 6.09. The number of rotatable bonds is 5. The topological polar surface area (TPSA) is 84.6 Å². The number of carboxylic acids is 1. The van der Waals surface area contributed by atoms with Crippen LogP contribution in [0, 0.1) is 6.92 Å². The molecule has 6 nitrogen and oxygen atoms in total. The van der Waals surface area contributed by atoms with Crippen molar-refractivity contribution in [3.05, 3.63) is 70.9 Å². The maximum Gasteiger partial charge on any atom is 0.349 e. The van der Waals surface area contributed by atoms with Crippen molar-refractivity contribution in [2.75, 3.05) is 0 Å². The highest BCUT2D eigenvalue weighted by Gasteiger charge is 2.19. The highest BCUT2D eigenvalue weighted by atomic mass is 32.1. The van der Waals surface area contributed by atoms with Gasteiger partial charge in [0.2, 0.25) is 0 Å². The number of ether oxygens (including phenoxy) is 1. The van der Waals surface area contributed by atoms with Gasteiger partial charge in [0.25, 0.3) is 0 Å². The molecule has 0 aliphatic rings. The Kier molecular flexibility index (Phi) is 4.29. The predicted molar refractivity (Wildman–Crippen MR) is 103 cm³/mol. The lowest BCUT2D eigenvalue weighted by Crippen LogP contribution is -2.01. The molecule has 136 valence electrons. The van der Waals surface area contributed by atoms with Crippen LogP contribution < -0.4 is 4.74 Å². The average molecular weight is 380 g/mol. The summed E-state index contributed by atoms with van der Waals surface area (Å²) < 4.78 is 7.62. The van der Waals surface area contributed by atoms with Gasteiger partial charge in [-0.3, -0.25) is 4.57 Å². The standard InChI is InChI=1S/C20H16N2O4S/c1-12-4-2-3-5-13(12)10-26-17-9-18(27-19(17)20(24)25)22-11-21-15-8-14(23)6-7-16(15)22/h2-9,11,23H,10H2,1H3,(H,24,25). The van der Waals surface area contributed by atoms with Crippen LogP contribution in [-0.2, 0) is 6.61 Å². The number of fused-ring (bicyclic) bond motifs is 1. The lowest BCUT2D eigenvalue weighted by Gasteiger charge is -2.07. The summed E-state index contributed by atoms with van der Waals surface area (Å²) in [5.74, 6) is -0.577. The van der Waals surface area contributed by atoms with Crippen molar-refractivity contribution >= 4 is 28.3 Å². The van der Waals surface area contributed by atoms with Gasteiger partial charge in [0, 0.05) is 12.1 Å². The van der Waals surface area contributed by atoms with Crippen molar-refractivity contribution in [2.45, 2.75) is 13.5 Å². The fourth-order valence-corrected chi connectivity index (χ4v) is 3.77. The number of aromatic hydroxyl groups is 1. The SMILES string of the molecule is Cc1ccccc1COc1cc(-n2cnc3cc(O)ccc32)sc1C(=O)O. The zero-order valence-electron chi connectivity index (χ0n) is 14.4. The minimum atomic E-state index is -1.03. The van der Waals surface area contributed by atoms with Crippen LogP contribution in [-0.4, -0.2) is 25.7 Å². The van der Waals surface area contributed by atoms with Crippen LogP contribution in [0.1, 0.15) is 20.8 Å². The molecule has 2 aromatic carbocycles. The van der Waals surface area contributed by atoms with E-state index in [1.54, 1.807) is 35.2 Å². The van der Waals surface area contributed by atoms with Gasteiger partial charge in [-0.25, -0.2) is 9.78 Å². The number of carboxylic acid groups (broad SMARTS) is 1. The van der Waals surface area contributed by atoms with Crippen LogP contribution in [0.25, 0.3) is 16.0 Å². The zero-order valence-corrected chi connectivity index (χ0v) is 15.2. The second kappa shape index (κ2) is 6.77. The normalized spacial score (nSPS) is 11.0. The Morgan fingerprint density at radius 1 is 1.22 bits per heavy atom. The first-order chi connectivity index (χ1) is 13.0. The quantitative estimate of drug-likeness (QED) is 0.537. The summed E-state index contributed by atoms with van der Waals surface area (Å²) in [5, 5.41) is 19.8. The van der Waals surface area contributed by atoms with Crippen LogP contribution in [0.3, 0.4) is 0 Å². The number of hydrogen-bond acceptors (Lipinski definition) is 5. The zero-order chi connectivity index (χ0) is 19.0. The molecule has 2 heterocycles. The Bertz CT molecular complexity index is 1150.